The number of hydrogen-bond donors (Lipinski definition) is 1. The maximum absolute atomic E-state index is 12.7. The number of benzene rings is 2. The van der Waals surface area contributed by atoms with Gasteiger partial charge in [-0.05, 0) is 29.8 Å². The second kappa shape index (κ2) is 7.10. The molecule has 0 unspecified atom stereocenters. The van der Waals surface area contributed by atoms with Gasteiger partial charge in [0.15, 0.2) is 0 Å². The van der Waals surface area contributed by atoms with Crippen molar-refractivity contribution >= 4 is 16.7 Å². The molecule has 0 radical (unpaired) electrons. The van der Waals surface area contributed by atoms with Crippen molar-refractivity contribution < 1.29 is 22.7 Å². The topological polar surface area (TPSA) is 81.2 Å². The Bertz CT molecular complexity index is 1120. The summed E-state index contributed by atoms with van der Waals surface area (Å²) in [5, 5.41) is 2.61. The van der Waals surface area contributed by atoms with E-state index in [4.69, 9.17) is 4.74 Å². The number of fused-ring (bicyclic) bond motifs is 1. The minimum Gasteiger partial charge on any atom is -0.459 e. The van der Waals surface area contributed by atoms with Crippen molar-refractivity contribution in [1.82, 2.24) is 9.78 Å². The number of hydrogen-bond acceptors (Lipinski definition) is 4. The summed E-state index contributed by atoms with van der Waals surface area (Å²) < 4.78 is 43.8. The number of alkyl halides is 3. The van der Waals surface area contributed by atoms with Crippen LogP contribution >= 0.6 is 0 Å². The number of aromatic amines is 1. The normalized spacial score (nSPS) is 11.5. The van der Waals surface area contributed by atoms with Crippen LogP contribution in [-0.4, -0.2) is 15.7 Å². The molecule has 3 rings (SSSR count). The summed E-state index contributed by atoms with van der Waals surface area (Å²) >= 11 is 0. The van der Waals surface area contributed by atoms with E-state index in [0.717, 1.165) is 16.8 Å². The summed E-state index contributed by atoms with van der Waals surface area (Å²) in [6, 6.07) is 10.5. The molecule has 0 aliphatic heterocycles. The van der Waals surface area contributed by atoms with Gasteiger partial charge in [0.05, 0.1) is 16.3 Å². The molecule has 1 heterocycles. The molecule has 27 heavy (non-hydrogen) atoms. The van der Waals surface area contributed by atoms with Crippen LogP contribution in [0.15, 0.2) is 58.1 Å². The summed E-state index contributed by atoms with van der Waals surface area (Å²) in [5.41, 5.74) is -1.83. The van der Waals surface area contributed by atoms with Crippen LogP contribution in [0, 0.1) is 0 Å². The van der Waals surface area contributed by atoms with Crippen LogP contribution in [0.5, 0.6) is 0 Å². The second-order valence-electron chi connectivity index (χ2n) is 5.74. The average molecular weight is 378 g/mol. The lowest BCUT2D eigenvalue weighted by molar-refractivity contribution is -0.146. The van der Waals surface area contributed by atoms with Crippen LogP contribution in [0.3, 0.4) is 0 Å². The summed E-state index contributed by atoms with van der Waals surface area (Å²) in [4.78, 5) is 36.2. The molecule has 0 amide bonds. The van der Waals surface area contributed by atoms with Gasteiger partial charge in [-0.2, -0.15) is 13.2 Å². The molecule has 140 valence electrons. The van der Waals surface area contributed by atoms with E-state index in [9.17, 15) is 27.6 Å². The fourth-order valence-corrected chi connectivity index (χ4v) is 2.53. The van der Waals surface area contributed by atoms with Gasteiger partial charge in [-0.15, -0.1) is 0 Å². The Kier molecular flexibility index (Phi) is 4.85. The van der Waals surface area contributed by atoms with Gasteiger partial charge in [0.2, 0.25) is 0 Å². The Balaban J connectivity index is 1.74. The molecule has 0 saturated heterocycles. The SMILES string of the molecule is O=C(Cn1[nH]c(=O)c2ccccc2c1=O)OCc1cccc(C(F)(F)F)c1. The Morgan fingerprint density at radius 2 is 1.74 bits per heavy atom. The first-order valence-electron chi connectivity index (χ1n) is 7.79. The zero-order valence-corrected chi connectivity index (χ0v) is 13.7. The number of nitrogens with zero attached hydrogens (tertiary/aromatic N) is 1. The number of ether oxygens (including phenoxy) is 1. The van der Waals surface area contributed by atoms with Crippen LogP contribution in [0.25, 0.3) is 10.8 Å². The van der Waals surface area contributed by atoms with E-state index in [1.165, 1.54) is 24.3 Å². The Morgan fingerprint density at radius 3 is 2.44 bits per heavy atom. The van der Waals surface area contributed by atoms with Crippen molar-refractivity contribution in [2.75, 3.05) is 0 Å². The lowest BCUT2D eigenvalue weighted by Gasteiger charge is -2.10. The minimum atomic E-state index is -4.50. The first-order chi connectivity index (χ1) is 12.8. The third-order valence-corrected chi connectivity index (χ3v) is 3.83. The molecule has 1 aromatic heterocycles. The number of esters is 1. The van der Waals surface area contributed by atoms with Gasteiger partial charge in [0.1, 0.15) is 13.2 Å². The average Bonchev–Trinajstić information content (AvgIpc) is 2.64. The molecule has 0 spiro atoms. The van der Waals surface area contributed by atoms with Crippen molar-refractivity contribution in [3.8, 4) is 0 Å². The third-order valence-electron chi connectivity index (χ3n) is 3.83. The smallest absolute Gasteiger partial charge is 0.416 e. The molecule has 0 aliphatic carbocycles. The van der Waals surface area contributed by atoms with Gasteiger partial charge in [-0.25, -0.2) is 4.68 Å². The highest BCUT2D eigenvalue weighted by Gasteiger charge is 2.30. The second-order valence-corrected chi connectivity index (χ2v) is 5.74. The minimum absolute atomic E-state index is 0.145. The third kappa shape index (κ3) is 4.08. The lowest BCUT2D eigenvalue weighted by atomic mass is 10.1. The summed E-state index contributed by atoms with van der Waals surface area (Å²) in [6.07, 6.45) is -4.50. The predicted octanol–water partition coefficient (Wildman–Crippen LogP) is 2.45. The standard InChI is InChI=1S/C18H13F3N2O4/c19-18(20,21)12-5-3-4-11(8-12)10-27-15(24)9-23-17(26)14-7-2-1-6-13(14)16(25)22-23/h1-8H,9-10H2,(H,22,25). The molecule has 3 aromatic rings. The summed E-state index contributed by atoms with van der Waals surface area (Å²) in [7, 11) is 0. The van der Waals surface area contributed by atoms with E-state index in [0.29, 0.717) is 0 Å². The summed E-state index contributed by atoms with van der Waals surface area (Å²) in [6.45, 7) is -0.965. The molecule has 2 aromatic carbocycles. The fourth-order valence-electron chi connectivity index (χ4n) is 2.53. The number of carbonyl (C=O) groups excluding carboxylic acids is 1. The highest BCUT2D eigenvalue weighted by Crippen LogP contribution is 2.29. The van der Waals surface area contributed by atoms with E-state index in [-0.39, 0.29) is 16.3 Å². The van der Waals surface area contributed by atoms with E-state index in [2.05, 4.69) is 5.10 Å². The molecule has 1 N–H and O–H groups in total. The zero-order chi connectivity index (χ0) is 19.6. The van der Waals surface area contributed by atoms with Crippen LogP contribution in [0.2, 0.25) is 0 Å². The van der Waals surface area contributed by atoms with Gasteiger partial charge in [-0.3, -0.25) is 19.5 Å². The van der Waals surface area contributed by atoms with Gasteiger partial charge in [-0.1, -0.05) is 24.3 Å². The van der Waals surface area contributed by atoms with Crippen LogP contribution < -0.4 is 11.1 Å². The van der Waals surface area contributed by atoms with Crippen molar-refractivity contribution in [2.24, 2.45) is 0 Å². The Hall–Kier alpha value is -3.36. The molecular formula is C18H13F3N2O4. The van der Waals surface area contributed by atoms with Gasteiger partial charge in [0, 0.05) is 0 Å². The number of rotatable bonds is 4. The highest BCUT2D eigenvalue weighted by molar-refractivity contribution is 5.80. The number of carbonyl (C=O) groups is 1. The molecule has 0 saturated carbocycles. The number of H-pyrrole nitrogens is 1. The first kappa shape index (κ1) is 18.4. The van der Waals surface area contributed by atoms with E-state index >= 15 is 0 Å². The first-order valence-corrected chi connectivity index (χ1v) is 7.79. The molecule has 0 bridgehead atoms. The predicted molar refractivity (Wildman–Crippen MR) is 90.1 cm³/mol. The Labute approximate surface area is 149 Å². The van der Waals surface area contributed by atoms with Gasteiger partial charge >= 0.3 is 12.1 Å². The maximum atomic E-state index is 12.7. The largest absolute Gasteiger partial charge is 0.459 e. The van der Waals surface area contributed by atoms with Gasteiger partial charge in [0.25, 0.3) is 11.1 Å². The summed E-state index contributed by atoms with van der Waals surface area (Å²) in [5.74, 6) is -0.875. The van der Waals surface area contributed by atoms with Crippen LogP contribution in [0.1, 0.15) is 11.1 Å². The van der Waals surface area contributed by atoms with Crippen molar-refractivity contribution in [1.29, 1.82) is 0 Å². The van der Waals surface area contributed by atoms with E-state index < -0.39 is 42.0 Å². The molecular weight excluding hydrogens is 365 g/mol. The highest BCUT2D eigenvalue weighted by atomic mass is 19.4. The van der Waals surface area contributed by atoms with Crippen LogP contribution in [0.4, 0.5) is 13.2 Å². The molecule has 9 heteroatoms. The quantitative estimate of drug-likeness (QED) is 0.707. The van der Waals surface area contributed by atoms with Crippen molar-refractivity contribution in [3.05, 3.63) is 80.4 Å². The van der Waals surface area contributed by atoms with Crippen molar-refractivity contribution in [2.45, 2.75) is 19.3 Å². The van der Waals surface area contributed by atoms with Gasteiger partial charge < -0.3 is 4.74 Å². The molecule has 0 atom stereocenters. The molecule has 6 nitrogen and oxygen atoms in total. The fraction of sp³-hybridized carbons (Fsp3) is 0.167. The molecule has 0 aliphatic rings. The zero-order valence-electron chi connectivity index (χ0n) is 13.7. The lowest BCUT2D eigenvalue weighted by Crippen LogP contribution is -2.32. The monoisotopic (exact) mass is 378 g/mol. The number of aromatic nitrogens is 2. The van der Waals surface area contributed by atoms with E-state index in [1.807, 2.05) is 0 Å². The maximum Gasteiger partial charge on any atom is 0.416 e. The Morgan fingerprint density at radius 1 is 1.04 bits per heavy atom. The number of nitrogens with one attached hydrogen (secondary N) is 1. The number of halogens is 3. The van der Waals surface area contributed by atoms with Crippen molar-refractivity contribution in [3.63, 3.8) is 0 Å². The van der Waals surface area contributed by atoms with Crippen LogP contribution in [-0.2, 0) is 28.9 Å². The molecule has 0 fully saturated rings. The van der Waals surface area contributed by atoms with E-state index in [1.54, 1.807) is 12.1 Å².